The van der Waals surface area contributed by atoms with Gasteiger partial charge in [0.05, 0.1) is 18.8 Å². The monoisotopic (exact) mass is 442 g/mol. The second-order valence-electron chi connectivity index (χ2n) is 7.59. The Bertz CT molecular complexity index is 1430. The molecule has 5 aromatic rings. The van der Waals surface area contributed by atoms with Crippen molar-refractivity contribution in [3.63, 3.8) is 0 Å². The Morgan fingerprint density at radius 3 is 2.52 bits per heavy atom. The van der Waals surface area contributed by atoms with E-state index < -0.39 is 0 Å². The van der Waals surface area contributed by atoms with Crippen LogP contribution in [0.2, 0.25) is 0 Å². The third kappa shape index (κ3) is 3.86. The summed E-state index contributed by atoms with van der Waals surface area (Å²) in [6.07, 6.45) is 4.86. The Balaban J connectivity index is 1.64. The molecule has 1 aromatic carbocycles. The van der Waals surface area contributed by atoms with Crippen LogP contribution in [-0.2, 0) is 14.1 Å². The summed E-state index contributed by atoms with van der Waals surface area (Å²) in [6.45, 7) is 1.88. The summed E-state index contributed by atoms with van der Waals surface area (Å²) in [5.41, 5.74) is 5.22. The van der Waals surface area contributed by atoms with E-state index in [0.717, 1.165) is 16.8 Å². The standard InChI is InChI=1S/C23H22N8O2/c1-14(18-12-31(3)29-27-18)33-23-19(32-4)10-17-22(26-23)21(25-13-24-17)16-11-30(2)28-20(16)15-8-6-5-7-9-15/h5-14H,1-4H3/t14-/m1/s1. The van der Waals surface area contributed by atoms with E-state index in [9.17, 15) is 0 Å². The molecule has 0 amide bonds. The molecule has 0 aliphatic rings. The van der Waals surface area contributed by atoms with E-state index in [1.807, 2.05) is 50.5 Å². The molecule has 5 rings (SSSR count). The summed E-state index contributed by atoms with van der Waals surface area (Å²) in [6, 6.07) is 11.8. The van der Waals surface area contributed by atoms with Crippen molar-refractivity contribution in [3.8, 4) is 34.1 Å². The zero-order valence-electron chi connectivity index (χ0n) is 18.7. The van der Waals surface area contributed by atoms with Crippen LogP contribution in [0.3, 0.4) is 0 Å². The van der Waals surface area contributed by atoms with Crippen molar-refractivity contribution in [3.05, 3.63) is 60.8 Å². The zero-order chi connectivity index (χ0) is 22.9. The molecule has 0 spiro atoms. The lowest BCUT2D eigenvalue weighted by Gasteiger charge is -2.15. The van der Waals surface area contributed by atoms with Crippen molar-refractivity contribution in [2.24, 2.45) is 14.1 Å². The lowest BCUT2D eigenvalue weighted by Crippen LogP contribution is -2.07. The molecule has 4 heterocycles. The van der Waals surface area contributed by atoms with Crippen molar-refractivity contribution in [1.82, 2.24) is 39.7 Å². The Hall–Kier alpha value is -4.34. The predicted molar refractivity (Wildman–Crippen MR) is 122 cm³/mol. The van der Waals surface area contributed by atoms with Gasteiger partial charge in [-0.05, 0) is 6.92 Å². The minimum Gasteiger partial charge on any atom is -0.491 e. The van der Waals surface area contributed by atoms with Crippen LogP contribution in [-0.4, -0.2) is 46.8 Å². The first-order valence-corrected chi connectivity index (χ1v) is 10.4. The highest BCUT2D eigenvalue weighted by atomic mass is 16.5. The normalized spacial score (nSPS) is 12.1. The summed E-state index contributed by atoms with van der Waals surface area (Å²) in [4.78, 5) is 13.7. The van der Waals surface area contributed by atoms with Gasteiger partial charge in [-0.1, -0.05) is 35.5 Å². The molecular weight excluding hydrogens is 420 g/mol. The van der Waals surface area contributed by atoms with Gasteiger partial charge in [-0.3, -0.25) is 9.36 Å². The highest BCUT2D eigenvalue weighted by Crippen LogP contribution is 2.37. The van der Waals surface area contributed by atoms with E-state index in [2.05, 4.69) is 25.4 Å². The second kappa shape index (κ2) is 8.30. The number of benzene rings is 1. The molecule has 0 unspecified atom stereocenters. The van der Waals surface area contributed by atoms with Crippen LogP contribution < -0.4 is 9.47 Å². The molecule has 0 aliphatic carbocycles. The number of hydrogen-bond donors (Lipinski definition) is 0. The summed E-state index contributed by atoms with van der Waals surface area (Å²) < 4.78 is 15.1. The molecule has 0 aliphatic heterocycles. The number of aromatic nitrogens is 8. The number of pyridine rings is 1. The fourth-order valence-electron chi connectivity index (χ4n) is 3.63. The molecule has 0 N–H and O–H groups in total. The third-order valence-corrected chi connectivity index (χ3v) is 5.22. The van der Waals surface area contributed by atoms with Crippen molar-refractivity contribution < 1.29 is 9.47 Å². The highest BCUT2D eigenvalue weighted by Gasteiger charge is 2.21. The molecule has 0 saturated heterocycles. The largest absolute Gasteiger partial charge is 0.491 e. The van der Waals surface area contributed by atoms with Gasteiger partial charge in [0.1, 0.15) is 35.0 Å². The van der Waals surface area contributed by atoms with E-state index in [1.165, 1.54) is 6.33 Å². The van der Waals surface area contributed by atoms with Crippen LogP contribution >= 0.6 is 0 Å². The van der Waals surface area contributed by atoms with Gasteiger partial charge in [-0.2, -0.15) is 5.10 Å². The Morgan fingerprint density at radius 2 is 1.79 bits per heavy atom. The van der Waals surface area contributed by atoms with Crippen LogP contribution in [0.4, 0.5) is 0 Å². The lowest BCUT2D eigenvalue weighted by molar-refractivity contribution is 0.202. The minimum atomic E-state index is -0.385. The molecule has 10 heteroatoms. The first-order chi connectivity index (χ1) is 16.0. The van der Waals surface area contributed by atoms with Crippen molar-refractivity contribution in [2.75, 3.05) is 7.11 Å². The number of aryl methyl sites for hydroxylation is 2. The fourth-order valence-corrected chi connectivity index (χ4v) is 3.63. The minimum absolute atomic E-state index is 0.323. The van der Waals surface area contributed by atoms with Crippen LogP contribution in [0.5, 0.6) is 11.6 Å². The van der Waals surface area contributed by atoms with E-state index in [-0.39, 0.29) is 6.10 Å². The topological polar surface area (TPSA) is 106 Å². The third-order valence-electron chi connectivity index (χ3n) is 5.22. The summed E-state index contributed by atoms with van der Waals surface area (Å²) >= 11 is 0. The van der Waals surface area contributed by atoms with Gasteiger partial charge >= 0.3 is 0 Å². The van der Waals surface area contributed by atoms with Gasteiger partial charge in [0.15, 0.2) is 5.75 Å². The smallest absolute Gasteiger partial charge is 0.258 e. The SMILES string of the molecule is COc1cc2ncnc(-c3cn(C)nc3-c3ccccc3)c2nc1O[C@H](C)c1cn(C)nn1. The number of rotatable bonds is 6. The molecule has 0 fully saturated rings. The van der Waals surface area contributed by atoms with Crippen LogP contribution in [0.25, 0.3) is 33.5 Å². The fraction of sp³-hybridized carbons (Fsp3) is 0.217. The molecule has 0 bridgehead atoms. The number of nitrogens with zero attached hydrogens (tertiary/aromatic N) is 8. The Labute approximate surface area is 189 Å². The number of fused-ring (bicyclic) bond motifs is 1. The molecule has 1 atom stereocenters. The van der Waals surface area contributed by atoms with Gasteiger partial charge in [0, 0.05) is 37.5 Å². The zero-order valence-corrected chi connectivity index (χ0v) is 18.7. The molecule has 33 heavy (non-hydrogen) atoms. The number of hydrogen-bond acceptors (Lipinski definition) is 8. The molecule has 0 radical (unpaired) electrons. The Morgan fingerprint density at radius 1 is 0.970 bits per heavy atom. The maximum Gasteiger partial charge on any atom is 0.258 e. The van der Waals surface area contributed by atoms with Crippen molar-refractivity contribution >= 4 is 11.0 Å². The summed E-state index contributed by atoms with van der Waals surface area (Å²) in [5.74, 6) is 0.793. The predicted octanol–water partition coefficient (Wildman–Crippen LogP) is 3.37. The van der Waals surface area contributed by atoms with Crippen LogP contribution in [0, 0.1) is 0 Å². The van der Waals surface area contributed by atoms with E-state index in [0.29, 0.717) is 34.1 Å². The van der Waals surface area contributed by atoms with Crippen molar-refractivity contribution in [1.29, 1.82) is 0 Å². The first-order valence-electron chi connectivity index (χ1n) is 10.4. The first kappa shape index (κ1) is 20.6. The molecule has 166 valence electrons. The molecule has 10 nitrogen and oxygen atoms in total. The molecule has 4 aromatic heterocycles. The average Bonchev–Trinajstić information content (AvgIpc) is 3.44. The maximum atomic E-state index is 6.13. The van der Waals surface area contributed by atoms with Crippen LogP contribution in [0.15, 0.2) is 55.1 Å². The second-order valence-corrected chi connectivity index (χ2v) is 7.59. The van der Waals surface area contributed by atoms with Gasteiger partial charge in [-0.25, -0.2) is 15.0 Å². The average molecular weight is 442 g/mol. The highest BCUT2D eigenvalue weighted by molar-refractivity contribution is 5.94. The van der Waals surface area contributed by atoms with E-state index >= 15 is 0 Å². The Kier molecular flexibility index (Phi) is 5.17. The van der Waals surface area contributed by atoms with Gasteiger partial charge < -0.3 is 9.47 Å². The summed E-state index contributed by atoms with van der Waals surface area (Å²) in [5, 5.41) is 12.8. The van der Waals surface area contributed by atoms with Gasteiger partial charge in [-0.15, -0.1) is 5.10 Å². The summed E-state index contributed by atoms with van der Waals surface area (Å²) in [7, 11) is 5.26. The van der Waals surface area contributed by atoms with Crippen LogP contribution in [0.1, 0.15) is 18.7 Å². The van der Waals surface area contributed by atoms with Crippen molar-refractivity contribution in [2.45, 2.75) is 13.0 Å². The quantitative estimate of drug-likeness (QED) is 0.394. The molecular formula is C23H22N8O2. The van der Waals surface area contributed by atoms with E-state index in [4.69, 9.17) is 14.5 Å². The number of ether oxygens (including phenoxy) is 2. The lowest BCUT2D eigenvalue weighted by atomic mass is 10.0. The van der Waals surface area contributed by atoms with E-state index in [1.54, 1.807) is 35.8 Å². The van der Waals surface area contributed by atoms with Gasteiger partial charge in [0.2, 0.25) is 0 Å². The molecule has 0 saturated carbocycles. The maximum absolute atomic E-state index is 6.13. The number of methoxy groups -OCH3 is 1. The van der Waals surface area contributed by atoms with Gasteiger partial charge in [0.25, 0.3) is 5.88 Å².